The molecule has 2 N–H and O–H groups in total. The average Bonchev–Trinajstić information content (AvgIpc) is 2.61. The number of H-pyrrole nitrogens is 1. The van der Waals surface area contributed by atoms with E-state index in [2.05, 4.69) is 10.3 Å². The van der Waals surface area contributed by atoms with E-state index in [0.29, 0.717) is 22.2 Å². The van der Waals surface area contributed by atoms with Crippen molar-refractivity contribution in [3.05, 3.63) is 70.0 Å². The van der Waals surface area contributed by atoms with Crippen LogP contribution in [0.3, 0.4) is 0 Å². The first-order chi connectivity index (χ1) is 12.7. The van der Waals surface area contributed by atoms with E-state index in [1.165, 1.54) is 25.1 Å². The zero-order valence-electron chi connectivity index (χ0n) is 14.2. The van der Waals surface area contributed by atoms with Crippen molar-refractivity contribution in [1.29, 1.82) is 0 Å². The third kappa shape index (κ3) is 4.28. The van der Waals surface area contributed by atoms with E-state index >= 15 is 0 Å². The smallest absolute Gasteiger partial charge is 0.422 e. The number of carbonyl (C=O) groups is 1. The van der Waals surface area contributed by atoms with Gasteiger partial charge in [-0.15, -0.1) is 0 Å². The van der Waals surface area contributed by atoms with Gasteiger partial charge in [0.15, 0.2) is 6.61 Å². The van der Waals surface area contributed by atoms with Crippen LogP contribution in [0.25, 0.3) is 10.9 Å². The molecule has 1 aromatic heterocycles. The molecule has 140 valence electrons. The van der Waals surface area contributed by atoms with Gasteiger partial charge in [0.1, 0.15) is 5.75 Å². The molecule has 0 aliphatic heterocycles. The zero-order chi connectivity index (χ0) is 19.6. The molecule has 0 spiro atoms. The number of alkyl halides is 3. The number of hydrogen-bond acceptors (Lipinski definition) is 3. The van der Waals surface area contributed by atoms with Gasteiger partial charge in [0.05, 0.1) is 5.56 Å². The Balaban J connectivity index is 1.90. The van der Waals surface area contributed by atoms with Crippen LogP contribution in [0.15, 0.2) is 53.3 Å². The van der Waals surface area contributed by atoms with Gasteiger partial charge in [-0.1, -0.05) is 24.3 Å². The summed E-state index contributed by atoms with van der Waals surface area (Å²) < 4.78 is 41.9. The number of rotatable bonds is 4. The fourth-order valence-corrected chi connectivity index (χ4v) is 2.65. The number of halogens is 3. The molecule has 0 aliphatic rings. The predicted molar refractivity (Wildman–Crippen MR) is 95.3 cm³/mol. The summed E-state index contributed by atoms with van der Waals surface area (Å²) in [6.07, 6.45) is -4.46. The molecule has 0 fully saturated rings. The van der Waals surface area contributed by atoms with E-state index in [1.54, 1.807) is 30.3 Å². The van der Waals surface area contributed by atoms with Gasteiger partial charge in [-0.05, 0) is 25.1 Å². The lowest BCUT2D eigenvalue weighted by Crippen LogP contribution is -2.20. The summed E-state index contributed by atoms with van der Waals surface area (Å²) in [4.78, 5) is 27.1. The van der Waals surface area contributed by atoms with Crippen LogP contribution in [-0.4, -0.2) is 23.7 Å². The van der Waals surface area contributed by atoms with Gasteiger partial charge < -0.3 is 15.0 Å². The van der Waals surface area contributed by atoms with Crippen LogP contribution in [0.2, 0.25) is 0 Å². The Morgan fingerprint density at radius 1 is 1.15 bits per heavy atom. The molecule has 0 aliphatic carbocycles. The van der Waals surface area contributed by atoms with Gasteiger partial charge in [0, 0.05) is 28.2 Å². The SMILES string of the molecule is Cc1c(NC(=O)c2cc(=O)[nH]c3ccccc23)cccc1OCC(F)(F)F. The number of aromatic amines is 1. The van der Waals surface area contributed by atoms with Crippen molar-refractivity contribution in [2.45, 2.75) is 13.1 Å². The van der Waals surface area contributed by atoms with Crippen LogP contribution >= 0.6 is 0 Å². The van der Waals surface area contributed by atoms with Crippen molar-refractivity contribution in [1.82, 2.24) is 4.98 Å². The van der Waals surface area contributed by atoms with Gasteiger partial charge in [-0.2, -0.15) is 13.2 Å². The number of hydrogen-bond donors (Lipinski definition) is 2. The Morgan fingerprint density at radius 2 is 1.89 bits per heavy atom. The fourth-order valence-electron chi connectivity index (χ4n) is 2.65. The average molecular weight is 376 g/mol. The highest BCUT2D eigenvalue weighted by molar-refractivity contribution is 6.12. The quantitative estimate of drug-likeness (QED) is 0.722. The van der Waals surface area contributed by atoms with E-state index in [4.69, 9.17) is 4.74 Å². The molecular formula is C19H15F3N2O3. The third-order valence-electron chi connectivity index (χ3n) is 3.92. The van der Waals surface area contributed by atoms with E-state index < -0.39 is 24.2 Å². The Kier molecular flexibility index (Phi) is 4.89. The Labute approximate surface area is 151 Å². The fraction of sp³-hybridized carbons (Fsp3) is 0.158. The molecule has 27 heavy (non-hydrogen) atoms. The lowest BCUT2D eigenvalue weighted by molar-refractivity contribution is -0.153. The lowest BCUT2D eigenvalue weighted by Gasteiger charge is -2.15. The number of nitrogens with one attached hydrogen (secondary N) is 2. The van der Waals surface area contributed by atoms with Crippen LogP contribution in [0, 0.1) is 6.92 Å². The van der Waals surface area contributed by atoms with Crippen LogP contribution < -0.4 is 15.6 Å². The van der Waals surface area contributed by atoms with Gasteiger partial charge in [0.2, 0.25) is 5.56 Å². The van der Waals surface area contributed by atoms with Crippen molar-refractivity contribution < 1.29 is 22.7 Å². The number of ether oxygens (including phenoxy) is 1. The topological polar surface area (TPSA) is 71.2 Å². The van der Waals surface area contributed by atoms with Crippen molar-refractivity contribution in [3.63, 3.8) is 0 Å². The second-order valence-electron chi connectivity index (χ2n) is 5.88. The molecule has 0 radical (unpaired) electrons. The minimum absolute atomic E-state index is 0.0147. The molecule has 0 unspecified atom stereocenters. The minimum Gasteiger partial charge on any atom is -0.484 e. The molecule has 3 rings (SSSR count). The van der Waals surface area contributed by atoms with E-state index in [0.717, 1.165) is 0 Å². The molecule has 1 heterocycles. The van der Waals surface area contributed by atoms with Crippen LogP contribution in [0.1, 0.15) is 15.9 Å². The van der Waals surface area contributed by atoms with Crippen molar-refractivity contribution >= 4 is 22.5 Å². The second kappa shape index (κ2) is 7.14. The predicted octanol–water partition coefficient (Wildman–Crippen LogP) is 4.03. The first-order valence-electron chi connectivity index (χ1n) is 7.97. The first-order valence-corrected chi connectivity index (χ1v) is 7.97. The molecule has 5 nitrogen and oxygen atoms in total. The summed E-state index contributed by atoms with van der Waals surface area (Å²) in [7, 11) is 0. The summed E-state index contributed by atoms with van der Waals surface area (Å²) in [5, 5.41) is 3.18. The molecule has 0 bridgehead atoms. The normalized spacial score (nSPS) is 11.4. The second-order valence-corrected chi connectivity index (χ2v) is 5.88. The van der Waals surface area contributed by atoms with E-state index in [-0.39, 0.29) is 11.3 Å². The summed E-state index contributed by atoms with van der Waals surface area (Å²) in [6, 6.07) is 12.4. The molecule has 8 heteroatoms. The minimum atomic E-state index is -4.46. The van der Waals surface area contributed by atoms with Crippen molar-refractivity contribution in [2.24, 2.45) is 0 Å². The number of amides is 1. The van der Waals surface area contributed by atoms with E-state index in [1.807, 2.05) is 0 Å². The van der Waals surface area contributed by atoms with Gasteiger partial charge in [-0.3, -0.25) is 9.59 Å². The maximum atomic E-state index is 12.7. The molecule has 2 aromatic carbocycles. The Hall–Kier alpha value is -3.29. The first kappa shape index (κ1) is 18.5. The molecule has 0 saturated carbocycles. The number of anilines is 1. The largest absolute Gasteiger partial charge is 0.484 e. The maximum absolute atomic E-state index is 12.7. The molecule has 0 atom stereocenters. The highest BCUT2D eigenvalue weighted by atomic mass is 19.4. The van der Waals surface area contributed by atoms with Crippen molar-refractivity contribution in [2.75, 3.05) is 11.9 Å². The highest BCUT2D eigenvalue weighted by Gasteiger charge is 2.28. The van der Waals surface area contributed by atoms with Crippen molar-refractivity contribution in [3.8, 4) is 5.75 Å². The monoisotopic (exact) mass is 376 g/mol. The maximum Gasteiger partial charge on any atom is 0.422 e. The number of para-hydroxylation sites is 1. The zero-order valence-corrected chi connectivity index (χ0v) is 14.2. The summed E-state index contributed by atoms with van der Waals surface area (Å²) >= 11 is 0. The lowest BCUT2D eigenvalue weighted by atomic mass is 10.1. The standard InChI is InChI=1S/C19H15F3N2O3/c1-11-14(7-4-8-16(11)27-10-19(20,21)22)24-18(26)13-9-17(25)23-15-6-3-2-5-12(13)15/h2-9H,10H2,1H3,(H,23,25)(H,24,26). The summed E-state index contributed by atoms with van der Waals surface area (Å²) in [6.45, 7) is 0.112. The summed E-state index contributed by atoms with van der Waals surface area (Å²) in [5.41, 5.74) is 0.885. The molecule has 3 aromatic rings. The number of benzene rings is 2. The molecule has 0 saturated heterocycles. The number of aromatic nitrogens is 1. The Bertz CT molecular complexity index is 1060. The molecular weight excluding hydrogens is 361 g/mol. The van der Waals surface area contributed by atoms with Gasteiger partial charge >= 0.3 is 6.18 Å². The van der Waals surface area contributed by atoms with Crippen LogP contribution in [0.5, 0.6) is 5.75 Å². The van der Waals surface area contributed by atoms with Gasteiger partial charge in [-0.25, -0.2) is 0 Å². The highest BCUT2D eigenvalue weighted by Crippen LogP contribution is 2.28. The third-order valence-corrected chi connectivity index (χ3v) is 3.92. The summed E-state index contributed by atoms with van der Waals surface area (Å²) in [5.74, 6) is -0.533. The van der Waals surface area contributed by atoms with Crippen LogP contribution in [0.4, 0.5) is 18.9 Å². The molecule has 1 amide bonds. The van der Waals surface area contributed by atoms with Gasteiger partial charge in [0.25, 0.3) is 5.91 Å². The van der Waals surface area contributed by atoms with E-state index in [9.17, 15) is 22.8 Å². The Morgan fingerprint density at radius 3 is 2.63 bits per heavy atom. The van der Waals surface area contributed by atoms with Crippen LogP contribution in [-0.2, 0) is 0 Å². The number of fused-ring (bicyclic) bond motifs is 1. The number of carbonyl (C=O) groups excluding carboxylic acids is 1. The number of pyridine rings is 1.